The van der Waals surface area contributed by atoms with Gasteiger partial charge in [-0.1, -0.05) is 12.8 Å². The Hall–Kier alpha value is -0.420. The van der Waals surface area contributed by atoms with Crippen LogP contribution in [-0.2, 0) is 15.6 Å². The van der Waals surface area contributed by atoms with Crippen LogP contribution in [0.25, 0.3) is 0 Å². The number of amides is 1. The first-order valence-corrected chi connectivity index (χ1v) is 8.03. The van der Waals surface area contributed by atoms with Crippen molar-refractivity contribution in [3.05, 3.63) is 0 Å². The van der Waals surface area contributed by atoms with Crippen LogP contribution in [0.2, 0.25) is 0 Å². The number of aliphatic hydroxyl groups is 1. The van der Waals surface area contributed by atoms with Gasteiger partial charge in [-0.05, 0) is 26.7 Å². The fraction of sp³-hybridized carbons (Fsp3) is 0.923. The van der Waals surface area contributed by atoms with Crippen molar-refractivity contribution in [2.24, 2.45) is 0 Å². The van der Waals surface area contributed by atoms with E-state index >= 15 is 0 Å². The lowest BCUT2D eigenvalue weighted by molar-refractivity contribution is -0.136. The third-order valence-electron chi connectivity index (χ3n) is 4.10. The Labute approximate surface area is 111 Å². The van der Waals surface area contributed by atoms with E-state index < -0.39 is 16.4 Å². The largest absolute Gasteiger partial charge is 0.389 e. The molecule has 1 heterocycles. The first-order valence-electron chi connectivity index (χ1n) is 6.71. The van der Waals surface area contributed by atoms with Gasteiger partial charge >= 0.3 is 0 Å². The molecule has 0 aromatic carbocycles. The molecule has 4 nitrogen and oxygen atoms in total. The van der Waals surface area contributed by atoms with Gasteiger partial charge in [0.15, 0.2) is 0 Å². The second-order valence-electron chi connectivity index (χ2n) is 6.23. The minimum Gasteiger partial charge on any atom is -0.389 e. The molecule has 2 rings (SSSR count). The molecule has 0 aromatic heterocycles. The third kappa shape index (κ3) is 2.94. The highest BCUT2D eigenvalue weighted by atomic mass is 32.2. The number of rotatable bonds is 2. The highest BCUT2D eigenvalue weighted by molar-refractivity contribution is 7.86. The zero-order valence-electron chi connectivity index (χ0n) is 11.3. The standard InChI is InChI=1S/C13H23NO3S/c1-12(2)10-14(7-8-18(12)17)11(15)9-13(16)5-3-4-6-13/h16H,3-10H2,1-2H3. The third-order valence-corrected chi connectivity index (χ3v) is 6.02. The molecule has 1 saturated carbocycles. The average Bonchev–Trinajstić information content (AvgIpc) is 2.68. The molecule has 1 saturated heterocycles. The van der Waals surface area contributed by atoms with E-state index in [0.717, 1.165) is 25.7 Å². The van der Waals surface area contributed by atoms with Crippen LogP contribution in [0.1, 0.15) is 46.0 Å². The summed E-state index contributed by atoms with van der Waals surface area (Å²) in [6, 6.07) is 0. The van der Waals surface area contributed by atoms with Crippen molar-refractivity contribution in [1.82, 2.24) is 4.90 Å². The van der Waals surface area contributed by atoms with Gasteiger partial charge in [0.05, 0.1) is 16.8 Å². The zero-order valence-corrected chi connectivity index (χ0v) is 12.1. The summed E-state index contributed by atoms with van der Waals surface area (Å²) in [5.74, 6) is 0.571. The van der Waals surface area contributed by atoms with E-state index in [1.54, 1.807) is 4.90 Å². The number of nitrogens with zero attached hydrogens (tertiary/aromatic N) is 1. The van der Waals surface area contributed by atoms with Gasteiger partial charge in [-0.3, -0.25) is 9.00 Å². The number of hydrogen-bond acceptors (Lipinski definition) is 3. The van der Waals surface area contributed by atoms with Gasteiger partial charge in [0.1, 0.15) is 0 Å². The number of carbonyl (C=O) groups excluding carboxylic acids is 1. The molecule has 1 unspecified atom stereocenters. The van der Waals surface area contributed by atoms with Crippen LogP contribution in [0.15, 0.2) is 0 Å². The van der Waals surface area contributed by atoms with E-state index in [1.807, 2.05) is 13.8 Å². The van der Waals surface area contributed by atoms with E-state index in [2.05, 4.69) is 0 Å². The van der Waals surface area contributed by atoms with Crippen molar-refractivity contribution < 1.29 is 14.1 Å². The van der Waals surface area contributed by atoms with Gasteiger partial charge in [0.25, 0.3) is 0 Å². The van der Waals surface area contributed by atoms with Crippen molar-refractivity contribution in [3.63, 3.8) is 0 Å². The highest BCUT2D eigenvalue weighted by Gasteiger charge is 2.39. The lowest BCUT2D eigenvalue weighted by Gasteiger charge is -2.38. The summed E-state index contributed by atoms with van der Waals surface area (Å²) in [6.07, 6.45) is 3.73. The van der Waals surface area contributed by atoms with Gasteiger partial charge in [0.2, 0.25) is 5.91 Å². The lowest BCUT2D eigenvalue weighted by Crippen LogP contribution is -2.53. The molecular formula is C13H23NO3S. The molecular weight excluding hydrogens is 250 g/mol. The highest BCUT2D eigenvalue weighted by Crippen LogP contribution is 2.33. The Morgan fingerprint density at radius 1 is 1.33 bits per heavy atom. The fourth-order valence-electron chi connectivity index (χ4n) is 2.90. The smallest absolute Gasteiger partial charge is 0.225 e. The summed E-state index contributed by atoms with van der Waals surface area (Å²) in [5.41, 5.74) is -0.780. The maximum atomic E-state index is 12.2. The maximum Gasteiger partial charge on any atom is 0.225 e. The van der Waals surface area contributed by atoms with Crippen molar-refractivity contribution in [3.8, 4) is 0 Å². The fourth-order valence-corrected chi connectivity index (χ4v) is 4.13. The predicted octanol–water partition coefficient (Wildman–Crippen LogP) is 1.05. The van der Waals surface area contributed by atoms with Crippen molar-refractivity contribution >= 4 is 16.7 Å². The minimum absolute atomic E-state index is 0.0178. The monoisotopic (exact) mass is 273 g/mol. The summed E-state index contributed by atoms with van der Waals surface area (Å²) >= 11 is 0. The Kier molecular flexibility index (Phi) is 3.83. The molecule has 0 radical (unpaired) electrons. The van der Waals surface area contributed by atoms with Gasteiger partial charge in [-0.25, -0.2) is 0 Å². The van der Waals surface area contributed by atoms with Crippen LogP contribution in [0.4, 0.5) is 0 Å². The molecule has 18 heavy (non-hydrogen) atoms. The Bertz CT molecular complexity index is 361. The second kappa shape index (κ2) is 4.93. The van der Waals surface area contributed by atoms with E-state index in [0.29, 0.717) is 18.8 Å². The summed E-state index contributed by atoms with van der Waals surface area (Å²) in [7, 11) is -0.859. The molecule has 2 aliphatic rings. The van der Waals surface area contributed by atoms with E-state index in [4.69, 9.17) is 0 Å². The first kappa shape index (κ1) is 14.0. The maximum absolute atomic E-state index is 12.2. The molecule has 1 N–H and O–H groups in total. The Morgan fingerprint density at radius 2 is 1.94 bits per heavy atom. The molecule has 0 bridgehead atoms. The summed E-state index contributed by atoms with van der Waals surface area (Å²) in [6.45, 7) is 4.97. The summed E-state index contributed by atoms with van der Waals surface area (Å²) in [4.78, 5) is 14.0. The second-order valence-corrected chi connectivity index (χ2v) is 8.44. The molecule has 1 amide bonds. The summed E-state index contributed by atoms with van der Waals surface area (Å²) < 4.78 is 11.5. The quantitative estimate of drug-likeness (QED) is 0.818. The van der Waals surface area contributed by atoms with Crippen LogP contribution in [-0.4, -0.2) is 49.3 Å². The van der Waals surface area contributed by atoms with Crippen molar-refractivity contribution in [1.29, 1.82) is 0 Å². The molecule has 0 aromatic rings. The Morgan fingerprint density at radius 3 is 2.50 bits per heavy atom. The average molecular weight is 273 g/mol. The SMILES string of the molecule is CC1(C)CN(C(=O)CC2(O)CCCC2)CCS1=O. The first-order chi connectivity index (χ1) is 8.32. The van der Waals surface area contributed by atoms with E-state index in [-0.39, 0.29) is 17.1 Å². The van der Waals surface area contributed by atoms with Crippen LogP contribution in [0.3, 0.4) is 0 Å². The van der Waals surface area contributed by atoms with Gasteiger partial charge in [0, 0.05) is 29.6 Å². The molecule has 2 fully saturated rings. The van der Waals surface area contributed by atoms with Crippen LogP contribution in [0.5, 0.6) is 0 Å². The van der Waals surface area contributed by atoms with Gasteiger partial charge in [-0.2, -0.15) is 0 Å². The van der Waals surface area contributed by atoms with E-state index in [1.165, 1.54) is 0 Å². The van der Waals surface area contributed by atoms with Crippen molar-refractivity contribution in [2.75, 3.05) is 18.8 Å². The Balaban J connectivity index is 1.95. The van der Waals surface area contributed by atoms with Crippen molar-refractivity contribution in [2.45, 2.75) is 56.3 Å². The molecule has 5 heteroatoms. The molecule has 1 aliphatic carbocycles. The summed E-state index contributed by atoms with van der Waals surface area (Å²) in [5, 5.41) is 10.3. The van der Waals surface area contributed by atoms with Gasteiger partial charge < -0.3 is 10.0 Å². The van der Waals surface area contributed by atoms with E-state index in [9.17, 15) is 14.1 Å². The topological polar surface area (TPSA) is 57.6 Å². The van der Waals surface area contributed by atoms with Crippen LogP contribution < -0.4 is 0 Å². The molecule has 1 atom stereocenters. The zero-order chi connectivity index (χ0) is 13.4. The van der Waals surface area contributed by atoms with Crippen LogP contribution in [0, 0.1) is 0 Å². The number of carbonyl (C=O) groups is 1. The minimum atomic E-state index is -0.859. The van der Waals surface area contributed by atoms with Gasteiger partial charge in [-0.15, -0.1) is 0 Å². The molecule has 104 valence electrons. The van der Waals surface area contributed by atoms with Crippen LogP contribution >= 0.6 is 0 Å². The predicted molar refractivity (Wildman–Crippen MR) is 71.7 cm³/mol. The lowest BCUT2D eigenvalue weighted by atomic mass is 9.97. The molecule has 1 aliphatic heterocycles. The number of hydrogen-bond donors (Lipinski definition) is 1. The molecule has 0 spiro atoms. The normalized spacial score (nSPS) is 30.4.